The second kappa shape index (κ2) is 9.99. The highest BCUT2D eigenvalue weighted by molar-refractivity contribution is 5.84. The Morgan fingerprint density at radius 1 is 1.06 bits per heavy atom. The van der Waals surface area contributed by atoms with Gasteiger partial charge in [-0.15, -0.1) is 0 Å². The van der Waals surface area contributed by atoms with Crippen LogP contribution in [0.1, 0.15) is 29.2 Å². The van der Waals surface area contributed by atoms with Crippen molar-refractivity contribution < 1.29 is 24.2 Å². The zero-order valence-corrected chi connectivity index (χ0v) is 17.8. The normalized spacial score (nSPS) is 13.0. The van der Waals surface area contributed by atoms with Gasteiger partial charge in [-0.05, 0) is 22.3 Å². The number of ether oxygens (including phenoxy) is 1. The van der Waals surface area contributed by atoms with E-state index in [1.807, 2.05) is 36.4 Å². The molecule has 3 aromatic rings. The lowest BCUT2D eigenvalue weighted by atomic mass is 9.98. The number of nitrogens with zero attached hydrogens (tertiary/aromatic N) is 1. The lowest BCUT2D eigenvalue weighted by molar-refractivity contribution is -0.141. The van der Waals surface area contributed by atoms with E-state index in [9.17, 15) is 19.5 Å². The van der Waals surface area contributed by atoms with E-state index < -0.39 is 24.0 Å². The lowest BCUT2D eigenvalue weighted by Crippen LogP contribution is -2.43. The van der Waals surface area contributed by atoms with Crippen LogP contribution in [0.15, 0.2) is 61.1 Å². The van der Waals surface area contributed by atoms with E-state index in [1.165, 1.54) is 12.5 Å². The number of H-pyrrole nitrogens is 1. The molecule has 0 aliphatic heterocycles. The van der Waals surface area contributed by atoms with Crippen LogP contribution in [0, 0.1) is 0 Å². The first-order valence-corrected chi connectivity index (χ1v) is 10.6. The van der Waals surface area contributed by atoms with Crippen molar-refractivity contribution in [1.82, 2.24) is 20.6 Å². The standard InChI is InChI=1S/C24H24N4O5/c29-22(28-21(23(30)31)11-15-12-25-14-27-15)9-10-26-24(32)33-13-20-18-7-3-1-5-16(18)17-6-2-4-8-19(17)20/h1-8,12,14,20-21H,9-11,13H2,(H,25,27)(H,26,32)(H,28,29)(H,30,31). The molecule has 170 valence electrons. The smallest absolute Gasteiger partial charge is 0.407 e. The average molecular weight is 448 g/mol. The molecule has 1 atom stereocenters. The first kappa shape index (κ1) is 22.1. The summed E-state index contributed by atoms with van der Waals surface area (Å²) in [4.78, 5) is 42.3. The molecule has 1 aliphatic rings. The van der Waals surface area contributed by atoms with Crippen LogP contribution in [0.2, 0.25) is 0 Å². The molecule has 2 amide bonds. The Morgan fingerprint density at radius 3 is 2.33 bits per heavy atom. The van der Waals surface area contributed by atoms with Gasteiger partial charge in [0.1, 0.15) is 12.6 Å². The van der Waals surface area contributed by atoms with E-state index in [0.717, 1.165) is 22.3 Å². The number of carboxylic acid groups (broad SMARTS) is 1. The third-order valence-corrected chi connectivity index (χ3v) is 5.58. The fourth-order valence-corrected chi connectivity index (χ4v) is 4.01. The molecular formula is C24H24N4O5. The maximum atomic E-state index is 12.2. The van der Waals surface area contributed by atoms with Crippen LogP contribution in [-0.2, 0) is 20.7 Å². The number of nitrogens with one attached hydrogen (secondary N) is 3. The van der Waals surface area contributed by atoms with E-state index >= 15 is 0 Å². The summed E-state index contributed by atoms with van der Waals surface area (Å²) < 4.78 is 5.42. The van der Waals surface area contributed by atoms with Gasteiger partial charge in [0.2, 0.25) is 5.91 Å². The van der Waals surface area contributed by atoms with Crippen LogP contribution in [-0.4, -0.2) is 52.2 Å². The molecule has 1 aromatic heterocycles. The number of benzene rings is 2. The number of alkyl carbamates (subject to hydrolysis) is 1. The van der Waals surface area contributed by atoms with Gasteiger partial charge in [-0.3, -0.25) is 4.79 Å². The summed E-state index contributed by atoms with van der Waals surface area (Å²) in [6.07, 6.45) is 2.32. The first-order valence-electron chi connectivity index (χ1n) is 10.6. The van der Waals surface area contributed by atoms with Gasteiger partial charge in [-0.2, -0.15) is 0 Å². The molecule has 4 rings (SSSR count). The van der Waals surface area contributed by atoms with Crippen molar-refractivity contribution in [1.29, 1.82) is 0 Å². The molecule has 9 nitrogen and oxygen atoms in total. The van der Waals surface area contributed by atoms with Gasteiger partial charge in [0.05, 0.1) is 6.33 Å². The number of carbonyl (C=O) groups is 3. The SMILES string of the molecule is O=C(CCNC(=O)OCC1c2ccccc2-c2ccccc21)NC(Cc1cnc[nH]1)C(=O)O. The number of amides is 2. The molecule has 33 heavy (non-hydrogen) atoms. The lowest BCUT2D eigenvalue weighted by Gasteiger charge is -2.15. The van der Waals surface area contributed by atoms with Crippen molar-refractivity contribution in [3.05, 3.63) is 77.9 Å². The second-order valence-electron chi connectivity index (χ2n) is 7.74. The maximum absolute atomic E-state index is 12.2. The van der Waals surface area contributed by atoms with Crippen molar-refractivity contribution in [2.45, 2.75) is 24.8 Å². The Bertz CT molecular complexity index is 1100. The Morgan fingerprint density at radius 2 is 1.73 bits per heavy atom. The fraction of sp³-hybridized carbons (Fsp3) is 0.250. The molecule has 4 N–H and O–H groups in total. The second-order valence-corrected chi connectivity index (χ2v) is 7.74. The highest BCUT2D eigenvalue weighted by atomic mass is 16.5. The molecule has 1 heterocycles. The molecule has 9 heteroatoms. The number of carbonyl (C=O) groups excluding carboxylic acids is 2. The number of fused-ring (bicyclic) bond motifs is 3. The summed E-state index contributed by atoms with van der Waals surface area (Å²) in [5, 5.41) is 14.3. The molecule has 0 saturated carbocycles. The van der Waals surface area contributed by atoms with Gasteiger partial charge >= 0.3 is 12.1 Å². The van der Waals surface area contributed by atoms with Crippen LogP contribution in [0.4, 0.5) is 4.79 Å². The zero-order chi connectivity index (χ0) is 23.2. The summed E-state index contributed by atoms with van der Waals surface area (Å²) in [5.74, 6) is -1.69. The first-order chi connectivity index (χ1) is 16.0. The number of hydrogen-bond donors (Lipinski definition) is 4. The minimum atomic E-state index is -1.15. The van der Waals surface area contributed by atoms with Crippen LogP contribution in [0.25, 0.3) is 11.1 Å². The van der Waals surface area contributed by atoms with Gasteiger partial charge in [0.15, 0.2) is 0 Å². The van der Waals surface area contributed by atoms with Gasteiger partial charge < -0.3 is 25.5 Å². The monoisotopic (exact) mass is 448 g/mol. The minimum absolute atomic E-state index is 0.0267. The third-order valence-electron chi connectivity index (χ3n) is 5.58. The highest BCUT2D eigenvalue weighted by Crippen LogP contribution is 2.44. The Labute approximate surface area is 190 Å². The molecule has 1 aliphatic carbocycles. The molecule has 1 unspecified atom stereocenters. The number of aliphatic carboxylic acids is 1. The van der Waals surface area contributed by atoms with E-state index in [2.05, 4.69) is 32.7 Å². The number of aromatic nitrogens is 2. The summed E-state index contributed by atoms with van der Waals surface area (Å²) >= 11 is 0. The molecule has 0 radical (unpaired) electrons. The quantitative estimate of drug-likeness (QED) is 0.397. The van der Waals surface area contributed by atoms with Gasteiger partial charge in [-0.1, -0.05) is 48.5 Å². The predicted molar refractivity (Wildman–Crippen MR) is 120 cm³/mol. The van der Waals surface area contributed by atoms with Crippen LogP contribution in [0.3, 0.4) is 0 Å². The number of aromatic amines is 1. The summed E-state index contributed by atoms with van der Waals surface area (Å²) in [6.45, 7) is 0.205. The molecule has 2 aromatic carbocycles. The zero-order valence-electron chi connectivity index (χ0n) is 17.8. The number of imidazole rings is 1. The summed E-state index contributed by atoms with van der Waals surface area (Å²) in [7, 11) is 0. The summed E-state index contributed by atoms with van der Waals surface area (Å²) in [6, 6.07) is 15.0. The van der Waals surface area contributed by atoms with Crippen LogP contribution >= 0.6 is 0 Å². The van der Waals surface area contributed by atoms with Crippen molar-refractivity contribution in [2.75, 3.05) is 13.2 Å². The van der Waals surface area contributed by atoms with Gasteiger partial charge in [0, 0.05) is 37.2 Å². The van der Waals surface area contributed by atoms with Crippen molar-refractivity contribution in [2.24, 2.45) is 0 Å². The average Bonchev–Trinajstić information content (AvgIpc) is 3.43. The van der Waals surface area contributed by atoms with Gasteiger partial charge in [0.25, 0.3) is 0 Å². The van der Waals surface area contributed by atoms with E-state index in [0.29, 0.717) is 5.69 Å². The fourth-order valence-electron chi connectivity index (χ4n) is 4.01. The minimum Gasteiger partial charge on any atom is -0.480 e. The molecule has 0 spiro atoms. The van der Waals surface area contributed by atoms with E-state index in [4.69, 9.17) is 4.74 Å². The van der Waals surface area contributed by atoms with Crippen LogP contribution < -0.4 is 10.6 Å². The highest BCUT2D eigenvalue weighted by Gasteiger charge is 2.29. The maximum Gasteiger partial charge on any atom is 0.407 e. The topological polar surface area (TPSA) is 133 Å². The van der Waals surface area contributed by atoms with Crippen molar-refractivity contribution in [3.8, 4) is 11.1 Å². The number of hydrogen-bond acceptors (Lipinski definition) is 5. The molecule has 0 bridgehead atoms. The van der Waals surface area contributed by atoms with E-state index in [1.54, 1.807) is 0 Å². The Kier molecular flexibility index (Phi) is 6.68. The molecular weight excluding hydrogens is 424 g/mol. The van der Waals surface area contributed by atoms with Crippen molar-refractivity contribution >= 4 is 18.0 Å². The Hall–Kier alpha value is -4.14. The predicted octanol–water partition coefficient (Wildman–Crippen LogP) is 2.45. The van der Waals surface area contributed by atoms with E-state index in [-0.39, 0.29) is 31.9 Å². The largest absolute Gasteiger partial charge is 0.480 e. The molecule has 0 fully saturated rings. The molecule has 0 saturated heterocycles. The van der Waals surface area contributed by atoms with Crippen LogP contribution in [0.5, 0.6) is 0 Å². The summed E-state index contributed by atoms with van der Waals surface area (Å²) in [5.41, 5.74) is 5.11. The van der Waals surface area contributed by atoms with Gasteiger partial charge in [-0.25, -0.2) is 14.6 Å². The number of rotatable bonds is 9. The number of carboxylic acids is 1. The third kappa shape index (κ3) is 5.20. The Balaban J connectivity index is 1.24. The van der Waals surface area contributed by atoms with Crippen molar-refractivity contribution in [3.63, 3.8) is 0 Å².